The molecule has 2 unspecified atom stereocenters. The molecule has 0 aliphatic rings. The van der Waals surface area contributed by atoms with E-state index in [4.69, 9.17) is 11.6 Å². The van der Waals surface area contributed by atoms with E-state index in [0.29, 0.717) is 6.54 Å². The lowest BCUT2D eigenvalue weighted by atomic mass is 10.1. The Morgan fingerprint density at radius 1 is 1.37 bits per heavy atom. The molecule has 0 saturated carbocycles. The van der Waals surface area contributed by atoms with E-state index in [2.05, 4.69) is 28.2 Å². The molecule has 2 atom stereocenters. The fourth-order valence-corrected chi connectivity index (χ4v) is 3.29. The minimum Gasteiger partial charge on any atom is -0.387 e. The Hall–Kier alpha value is -0.390. The number of nitrogens with one attached hydrogen (secondary N) is 1. The van der Waals surface area contributed by atoms with Crippen LogP contribution < -0.4 is 5.32 Å². The highest BCUT2D eigenvalue weighted by molar-refractivity contribution is 9.10. The van der Waals surface area contributed by atoms with Gasteiger partial charge in [-0.1, -0.05) is 39.7 Å². The van der Waals surface area contributed by atoms with Crippen molar-refractivity contribution in [3.05, 3.63) is 55.6 Å². The van der Waals surface area contributed by atoms with Crippen LogP contribution in [0.3, 0.4) is 0 Å². The van der Waals surface area contributed by atoms with Crippen molar-refractivity contribution in [1.82, 2.24) is 5.32 Å². The maximum absolute atomic E-state index is 10.1. The van der Waals surface area contributed by atoms with Gasteiger partial charge in [0.15, 0.2) is 0 Å². The lowest BCUT2D eigenvalue weighted by Gasteiger charge is -2.16. The summed E-state index contributed by atoms with van der Waals surface area (Å²) in [5.41, 5.74) is 0.901. The van der Waals surface area contributed by atoms with Gasteiger partial charge in [0.25, 0.3) is 0 Å². The number of hydrogen-bond donors (Lipinski definition) is 2. The summed E-state index contributed by atoms with van der Waals surface area (Å²) >= 11 is 10.9. The summed E-state index contributed by atoms with van der Waals surface area (Å²) in [4.78, 5) is 1.17. The second kappa shape index (κ2) is 6.86. The summed E-state index contributed by atoms with van der Waals surface area (Å²) in [6.07, 6.45) is -0.518. The molecule has 0 radical (unpaired) electrons. The smallest absolute Gasteiger partial charge is 0.0931 e. The fourth-order valence-electron chi connectivity index (χ4n) is 1.78. The molecule has 102 valence electrons. The van der Waals surface area contributed by atoms with E-state index in [-0.39, 0.29) is 6.04 Å². The van der Waals surface area contributed by atoms with Crippen molar-refractivity contribution in [2.24, 2.45) is 0 Å². The minimum absolute atomic E-state index is 0.180. The third-order valence-electron chi connectivity index (χ3n) is 2.87. The quantitative estimate of drug-likeness (QED) is 0.820. The monoisotopic (exact) mass is 359 g/mol. The summed E-state index contributed by atoms with van der Waals surface area (Å²) in [5.74, 6) is 0. The van der Waals surface area contributed by atoms with E-state index in [1.165, 1.54) is 4.88 Å². The van der Waals surface area contributed by atoms with Crippen LogP contribution in [-0.2, 0) is 0 Å². The topological polar surface area (TPSA) is 32.3 Å². The number of aliphatic hydroxyl groups excluding tert-OH is 1. The molecule has 0 aliphatic heterocycles. The van der Waals surface area contributed by atoms with Gasteiger partial charge >= 0.3 is 0 Å². The van der Waals surface area contributed by atoms with Gasteiger partial charge in [0.1, 0.15) is 0 Å². The van der Waals surface area contributed by atoms with E-state index in [9.17, 15) is 5.11 Å². The van der Waals surface area contributed by atoms with Crippen LogP contribution in [0.5, 0.6) is 0 Å². The largest absolute Gasteiger partial charge is 0.387 e. The molecule has 2 N–H and O–H groups in total. The van der Waals surface area contributed by atoms with Crippen molar-refractivity contribution in [3.63, 3.8) is 0 Å². The van der Waals surface area contributed by atoms with Crippen molar-refractivity contribution >= 4 is 38.9 Å². The van der Waals surface area contributed by atoms with Crippen LogP contribution in [0.15, 0.2) is 40.9 Å². The summed E-state index contributed by atoms with van der Waals surface area (Å²) in [5, 5.41) is 13.5. The van der Waals surface area contributed by atoms with Crippen molar-refractivity contribution in [2.75, 3.05) is 6.54 Å². The lowest BCUT2D eigenvalue weighted by molar-refractivity contribution is 0.171. The Bertz CT molecular complexity index is 546. The third-order valence-corrected chi connectivity index (χ3v) is 4.78. The zero-order valence-electron chi connectivity index (χ0n) is 10.4. The van der Waals surface area contributed by atoms with Crippen LogP contribution in [-0.4, -0.2) is 11.7 Å². The van der Waals surface area contributed by atoms with E-state index < -0.39 is 6.10 Å². The van der Waals surface area contributed by atoms with Crippen LogP contribution in [0.4, 0.5) is 0 Å². The molecule has 0 aliphatic carbocycles. The maximum Gasteiger partial charge on any atom is 0.0931 e. The normalized spacial score (nSPS) is 14.3. The predicted octanol–water partition coefficient (Wildman–Crippen LogP) is 4.55. The molecule has 1 heterocycles. The summed E-state index contributed by atoms with van der Waals surface area (Å²) < 4.78 is 1.76. The van der Waals surface area contributed by atoms with E-state index in [0.717, 1.165) is 14.4 Å². The van der Waals surface area contributed by atoms with Crippen molar-refractivity contribution in [3.8, 4) is 0 Å². The maximum atomic E-state index is 10.1. The Kier molecular flexibility index (Phi) is 5.42. The molecule has 0 bridgehead atoms. The third kappa shape index (κ3) is 4.29. The molecule has 0 fully saturated rings. The molecule has 2 aromatic rings. The van der Waals surface area contributed by atoms with Gasteiger partial charge in [-0.25, -0.2) is 0 Å². The fraction of sp³-hybridized carbons (Fsp3) is 0.286. The zero-order chi connectivity index (χ0) is 13.8. The molecule has 0 spiro atoms. The first-order valence-electron chi connectivity index (χ1n) is 5.98. The molecular weight excluding hydrogens is 346 g/mol. The van der Waals surface area contributed by atoms with Crippen LogP contribution >= 0.6 is 38.9 Å². The molecule has 0 saturated heterocycles. The van der Waals surface area contributed by atoms with E-state index >= 15 is 0 Å². The number of thiophene rings is 1. The SMILES string of the molecule is CC(NCC(O)c1cccc(Br)c1)c1ccc(Cl)s1. The average molecular weight is 361 g/mol. The summed E-state index contributed by atoms with van der Waals surface area (Å²) in [6, 6.07) is 11.8. The van der Waals surface area contributed by atoms with Crippen LogP contribution in [0.25, 0.3) is 0 Å². The van der Waals surface area contributed by atoms with Gasteiger partial charge in [0, 0.05) is 21.9 Å². The first kappa shape index (κ1) is 15.0. The Labute approximate surface area is 130 Å². The summed E-state index contributed by atoms with van der Waals surface area (Å²) in [6.45, 7) is 2.57. The van der Waals surface area contributed by atoms with Gasteiger partial charge in [0.05, 0.1) is 10.4 Å². The second-order valence-corrected chi connectivity index (χ2v) is 7.00. The van der Waals surface area contributed by atoms with Gasteiger partial charge < -0.3 is 10.4 Å². The summed E-state index contributed by atoms with van der Waals surface area (Å²) in [7, 11) is 0. The van der Waals surface area contributed by atoms with Crippen molar-refractivity contribution < 1.29 is 5.11 Å². The highest BCUT2D eigenvalue weighted by Crippen LogP contribution is 2.27. The molecular formula is C14H15BrClNOS. The molecule has 19 heavy (non-hydrogen) atoms. The number of aliphatic hydroxyl groups is 1. The number of benzene rings is 1. The predicted molar refractivity (Wildman–Crippen MR) is 84.8 cm³/mol. The van der Waals surface area contributed by atoms with Gasteiger partial charge in [-0.15, -0.1) is 11.3 Å². The molecule has 2 nitrogen and oxygen atoms in total. The molecule has 5 heteroatoms. The van der Waals surface area contributed by atoms with Gasteiger partial charge in [0.2, 0.25) is 0 Å². The molecule has 0 amide bonds. The Morgan fingerprint density at radius 3 is 2.79 bits per heavy atom. The van der Waals surface area contributed by atoms with Crippen molar-refractivity contribution in [2.45, 2.75) is 19.1 Å². The lowest BCUT2D eigenvalue weighted by Crippen LogP contribution is -2.24. The van der Waals surface area contributed by atoms with E-state index in [1.54, 1.807) is 11.3 Å². The van der Waals surface area contributed by atoms with Crippen molar-refractivity contribution in [1.29, 1.82) is 0 Å². The number of rotatable bonds is 5. The standard InChI is InChI=1S/C14H15BrClNOS/c1-9(13-5-6-14(16)19-13)17-8-12(18)10-3-2-4-11(15)7-10/h2-7,9,12,17-18H,8H2,1H3. The highest BCUT2D eigenvalue weighted by atomic mass is 79.9. The number of hydrogen-bond acceptors (Lipinski definition) is 3. The Morgan fingerprint density at radius 2 is 2.16 bits per heavy atom. The van der Waals surface area contributed by atoms with Crippen LogP contribution in [0, 0.1) is 0 Å². The molecule has 1 aromatic carbocycles. The van der Waals surface area contributed by atoms with E-state index in [1.807, 2.05) is 36.4 Å². The molecule has 1 aromatic heterocycles. The first-order chi connectivity index (χ1) is 9.06. The second-order valence-electron chi connectivity index (χ2n) is 4.34. The highest BCUT2D eigenvalue weighted by Gasteiger charge is 2.12. The minimum atomic E-state index is -0.518. The van der Waals surface area contributed by atoms with Gasteiger partial charge in [-0.3, -0.25) is 0 Å². The zero-order valence-corrected chi connectivity index (χ0v) is 13.6. The first-order valence-corrected chi connectivity index (χ1v) is 7.97. The van der Waals surface area contributed by atoms with Crippen LogP contribution in [0.2, 0.25) is 4.34 Å². The van der Waals surface area contributed by atoms with Gasteiger partial charge in [-0.05, 0) is 36.8 Å². The molecule has 2 rings (SSSR count). The van der Waals surface area contributed by atoms with Gasteiger partial charge in [-0.2, -0.15) is 0 Å². The average Bonchev–Trinajstić information content (AvgIpc) is 2.82. The number of halogens is 2. The van der Waals surface area contributed by atoms with Crippen LogP contribution in [0.1, 0.15) is 29.5 Å². The Balaban J connectivity index is 1.91.